The molecule has 0 amide bonds. The van der Waals surface area contributed by atoms with Crippen LogP contribution in [0, 0.1) is 6.92 Å². The Balaban J connectivity index is 1.93. The van der Waals surface area contributed by atoms with Gasteiger partial charge in [-0.3, -0.25) is 0 Å². The van der Waals surface area contributed by atoms with Crippen molar-refractivity contribution in [2.75, 3.05) is 0 Å². The molecule has 0 fully saturated rings. The molecule has 0 aliphatic heterocycles. The van der Waals surface area contributed by atoms with Crippen LogP contribution in [-0.4, -0.2) is 0 Å². The molecule has 86 valence electrons. The summed E-state index contributed by atoms with van der Waals surface area (Å²) in [5.74, 6) is 0. The first-order chi connectivity index (χ1) is 8.33. The van der Waals surface area contributed by atoms with Gasteiger partial charge in [0.1, 0.15) is 0 Å². The maximum Gasteiger partial charge on any atom is 0.0449 e. The Kier molecular flexibility index (Phi) is 3.00. The van der Waals surface area contributed by atoms with Gasteiger partial charge in [0.15, 0.2) is 0 Å². The number of aryl methyl sites for hydroxylation is 1. The quantitative estimate of drug-likeness (QED) is 0.665. The molecule has 0 N–H and O–H groups in total. The highest BCUT2D eigenvalue weighted by molar-refractivity contribution is 7.22. The summed E-state index contributed by atoms with van der Waals surface area (Å²) in [6.07, 6.45) is 9.22. The zero-order valence-electron chi connectivity index (χ0n) is 9.77. The fraction of sp³-hybridized carbons (Fsp3) is 0.200. The second-order valence-electron chi connectivity index (χ2n) is 4.21. The van der Waals surface area contributed by atoms with E-state index in [0.717, 1.165) is 0 Å². The predicted octanol–water partition coefficient (Wildman–Crippen LogP) is 5.52. The van der Waals surface area contributed by atoms with Crippen molar-refractivity contribution in [3.63, 3.8) is 0 Å². The smallest absolute Gasteiger partial charge is 0.0449 e. The Labute approximate surface area is 110 Å². The summed E-state index contributed by atoms with van der Waals surface area (Å²) in [5, 5.41) is 0. The maximum atomic E-state index is 2.34. The number of rotatable bonds is 2. The molecule has 2 heteroatoms. The van der Waals surface area contributed by atoms with E-state index in [4.69, 9.17) is 0 Å². The molecule has 0 nitrogen and oxygen atoms in total. The lowest BCUT2D eigenvalue weighted by Gasteiger charge is -2.03. The van der Waals surface area contributed by atoms with Gasteiger partial charge in [0.05, 0.1) is 0 Å². The summed E-state index contributed by atoms with van der Waals surface area (Å²) >= 11 is 3.77. The summed E-state index contributed by atoms with van der Waals surface area (Å²) in [6.45, 7) is 2.16. The van der Waals surface area contributed by atoms with Crippen molar-refractivity contribution < 1.29 is 0 Å². The molecule has 0 atom stereocenters. The third kappa shape index (κ3) is 2.28. The zero-order valence-corrected chi connectivity index (χ0v) is 11.4. The number of allylic oxidation sites excluding steroid dienone is 4. The maximum absolute atomic E-state index is 2.34. The van der Waals surface area contributed by atoms with E-state index in [1.54, 1.807) is 0 Å². The normalized spacial score (nSPS) is 15.0. The highest BCUT2D eigenvalue weighted by Gasteiger charge is 2.07. The Morgan fingerprint density at radius 2 is 1.65 bits per heavy atom. The first kappa shape index (κ1) is 11.0. The first-order valence-electron chi connectivity index (χ1n) is 5.87. The van der Waals surface area contributed by atoms with Gasteiger partial charge in [0.2, 0.25) is 0 Å². The summed E-state index contributed by atoms with van der Waals surface area (Å²) in [7, 11) is 0. The van der Waals surface area contributed by atoms with Crippen molar-refractivity contribution in [3.8, 4) is 9.75 Å². The molecule has 1 aliphatic carbocycles. The second-order valence-corrected chi connectivity index (χ2v) is 6.59. The van der Waals surface area contributed by atoms with Crippen LogP contribution >= 0.6 is 22.7 Å². The standard InChI is InChI=1S/C15H14S2/c1-11-7-8-14(16-11)15-10-9-13(17-15)12-5-3-2-4-6-12/h3,5-10H,2,4H2,1H3. The van der Waals surface area contributed by atoms with Crippen LogP contribution in [0.1, 0.15) is 22.6 Å². The fourth-order valence-electron chi connectivity index (χ4n) is 1.99. The van der Waals surface area contributed by atoms with Crippen LogP contribution in [0.15, 0.2) is 42.5 Å². The van der Waals surface area contributed by atoms with Gasteiger partial charge in [-0.15, -0.1) is 22.7 Å². The molecule has 0 saturated heterocycles. The Bertz CT molecular complexity index is 582. The molecule has 0 bridgehead atoms. The van der Waals surface area contributed by atoms with Crippen LogP contribution in [0.25, 0.3) is 15.3 Å². The van der Waals surface area contributed by atoms with Crippen molar-refractivity contribution in [1.29, 1.82) is 0 Å². The molecule has 0 radical (unpaired) electrons. The highest BCUT2D eigenvalue weighted by atomic mass is 32.1. The summed E-state index contributed by atoms with van der Waals surface area (Å²) in [6, 6.07) is 8.91. The monoisotopic (exact) mass is 258 g/mol. The van der Waals surface area contributed by atoms with Gasteiger partial charge < -0.3 is 0 Å². The van der Waals surface area contributed by atoms with Crippen molar-refractivity contribution in [2.45, 2.75) is 19.8 Å². The van der Waals surface area contributed by atoms with Crippen LogP contribution in [-0.2, 0) is 0 Å². The Morgan fingerprint density at radius 3 is 2.35 bits per heavy atom. The molecule has 0 spiro atoms. The second kappa shape index (κ2) is 4.63. The van der Waals surface area contributed by atoms with Gasteiger partial charge in [-0.05, 0) is 49.6 Å². The van der Waals surface area contributed by atoms with E-state index in [2.05, 4.69) is 49.4 Å². The van der Waals surface area contributed by atoms with E-state index >= 15 is 0 Å². The third-order valence-electron chi connectivity index (χ3n) is 2.87. The minimum Gasteiger partial charge on any atom is -0.140 e. The van der Waals surface area contributed by atoms with Gasteiger partial charge in [-0.25, -0.2) is 0 Å². The van der Waals surface area contributed by atoms with Gasteiger partial charge in [0.25, 0.3) is 0 Å². The van der Waals surface area contributed by atoms with Crippen LogP contribution in [0.4, 0.5) is 0 Å². The topological polar surface area (TPSA) is 0 Å². The molecule has 2 aromatic heterocycles. The molecule has 2 heterocycles. The fourth-order valence-corrected chi connectivity index (χ4v) is 3.97. The molecule has 0 unspecified atom stereocenters. The lowest BCUT2D eigenvalue weighted by atomic mass is 10.1. The molecule has 0 saturated carbocycles. The average Bonchev–Trinajstić information content (AvgIpc) is 2.98. The lowest BCUT2D eigenvalue weighted by molar-refractivity contribution is 1.04. The molecular weight excluding hydrogens is 244 g/mol. The molecule has 3 rings (SSSR count). The van der Waals surface area contributed by atoms with Crippen LogP contribution in [0.5, 0.6) is 0 Å². The number of thiophene rings is 2. The molecule has 17 heavy (non-hydrogen) atoms. The van der Waals surface area contributed by atoms with Crippen LogP contribution in [0.3, 0.4) is 0 Å². The van der Waals surface area contributed by atoms with Crippen molar-refractivity contribution in [3.05, 3.63) is 52.2 Å². The highest BCUT2D eigenvalue weighted by Crippen LogP contribution is 2.36. The van der Waals surface area contributed by atoms with E-state index < -0.39 is 0 Å². The van der Waals surface area contributed by atoms with Crippen molar-refractivity contribution >= 4 is 28.2 Å². The number of hydrogen-bond acceptors (Lipinski definition) is 2. The molecular formula is C15H14S2. The average molecular weight is 258 g/mol. The Hall–Kier alpha value is -1.12. The van der Waals surface area contributed by atoms with Crippen LogP contribution in [0.2, 0.25) is 0 Å². The van der Waals surface area contributed by atoms with Crippen LogP contribution < -0.4 is 0 Å². The van der Waals surface area contributed by atoms with Gasteiger partial charge in [-0.2, -0.15) is 0 Å². The summed E-state index contributed by atoms with van der Waals surface area (Å²) < 4.78 is 0. The van der Waals surface area contributed by atoms with Crippen molar-refractivity contribution in [2.24, 2.45) is 0 Å². The predicted molar refractivity (Wildman–Crippen MR) is 78.7 cm³/mol. The molecule has 2 aromatic rings. The minimum absolute atomic E-state index is 1.18. The summed E-state index contributed by atoms with van der Waals surface area (Å²) in [4.78, 5) is 5.55. The van der Waals surface area contributed by atoms with E-state index in [0.29, 0.717) is 0 Å². The SMILES string of the molecule is Cc1ccc(-c2ccc(C3=CCCC=C3)s2)s1. The molecule has 1 aliphatic rings. The lowest BCUT2D eigenvalue weighted by Crippen LogP contribution is -1.80. The van der Waals surface area contributed by atoms with E-state index in [1.165, 1.54) is 37.9 Å². The minimum atomic E-state index is 1.18. The third-order valence-corrected chi connectivity index (χ3v) is 5.20. The van der Waals surface area contributed by atoms with Gasteiger partial charge >= 0.3 is 0 Å². The van der Waals surface area contributed by atoms with Crippen molar-refractivity contribution in [1.82, 2.24) is 0 Å². The number of hydrogen-bond donors (Lipinski definition) is 0. The zero-order chi connectivity index (χ0) is 11.7. The molecule has 0 aromatic carbocycles. The van der Waals surface area contributed by atoms with Gasteiger partial charge in [-0.1, -0.05) is 18.2 Å². The van der Waals surface area contributed by atoms with E-state index in [9.17, 15) is 0 Å². The summed E-state index contributed by atoms with van der Waals surface area (Å²) in [5.41, 5.74) is 1.39. The van der Waals surface area contributed by atoms with Gasteiger partial charge in [0, 0.05) is 19.5 Å². The largest absolute Gasteiger partial charge is 0.140 e. The van der Waals surface area contributed by atoms with E-state index in [-0.39, 0.29) is 0 Å². The van der Waals surface area contributed by atoms with E-state index in [1.807, 2.05) is 22.7 Å². The Morgan fingerprint density at radius 1 is 0.882 bits per heavy atom. The first-order valence-corrected chi connectivity index (χ1v) is 7.50.